The summed E-state index contributed by atoms with van der Waals surface area (Å²) in [5, 5.41) is 22.0. The lowest BCUT2D eigenvalue weighted by molar-refractivity contribution is -0.385. The predicted molar refractivity (Wildman–Crippen MR) is 69.1 cm³/mol. The van der Waals surface area contributed by atoms with Gasteiger partial charge in [0.1, 0.15) is 0 Å². The second-order valence-corrected chi connectivity index (χ2v) is 3.82. The average molecular weight is 261 g/mol. The fourth-order valence-electron chi connectivity index (χ4n) is 1.50. The number of nitro benzene ring substituents is 1. The molecule has 0 fully saturated rings. The molecule has 8 heteroatoms. The molecule has 0 unspecified atom stereocenters. The van der Waals surface area contributed by atoms with Gasteiger partial charge in [-0.05, 0) is 13.0 Å². The van der Waals surface area contributed by atoms with E-state index in [1.807, 2.05) is 0 Å². The third kappa shape index (κ3) is 3.06. The number of urea groups is 1. The molecule has 2 aromatic rings. The van der Waals surface area contributed by atoms with E-state index in [0.717, 1.165) is 0 Å². The summed E-state index contributed by atoms with van der Waals surface area (Å²) in [5.74, 6) is 0. The number of anilines is 2. The van der Waals surface area contributed by atoms with Crippen molar-refractivity contribution in [1.82, 2.24) is 10.2 Å². The number of nitrogens with zero attached hydrogens (tertiary/aromatic N) is 2. The van der Waals surface area contributed by atoms with Crippen LogP contribution in [-0.4, -0.2) is 21.2 Å². The first kappa shape index (κ1) is 12.6. The fourth-order valence-corrected chi connectivity index (χ4v) is 1.50. The van der Waals surface area contributed by atoms with Crippen LogP contribution in [0.2, 0.25) is 0 Å². The molecule has 0 aliphatic rings. The standard InChI is InChI=1S/C11H11N5O3/c1-7-2-3-8(4-10(7)16(18)19)14-11(17)15-9-5-12-13-6-9/h2-6H,1H3,(H,12,13)(H2,14,15,17). The van der Waals surface area contributed by atoms with Gasteiger partial charge in [0.2, 0.25) is 0 Å². The maximum atomic E-state index is 11.6. The van der Waals surface area contributed by atoms with Crippen molar-refractivity contribution in [2.24, 2.45) is 0 Å². The van der Waals surface area contributed by atoms with Crippen LogP contribution in [0.25, 0.3) is 0 Å². The largest absolute Gasteiger partial charge is 0.323 e. The molecule has 98 valence electrons. The first-order chi connectivity index (χ1) is 9.06. The fraction of sp³-hybridized carbons (Fsp3) is 0.0909. The second-order valence-electron chi connectivity index (χ2n) is 3.82. The summed E-state index contributed by atoms with van der Waals surface area (Å²) >= 11 is 0. The number of carbonyl (C=O) groups is 1. The molecular weight excluding hydrogens is 250 g/mol. The van der Waals surface area contributed by atoms with Gasteiger partial charge in [-0.1, -0.05) is 6.07 Å². The van der Waals surface area contributed by atoms with Crippen molar-refractivity contribution in [2.75, 3.05) is 10.6 Å². The third-order valence-corrected chi connectivity index (χ3v) is 2.42. The highest BCUT2D eigenvalue weighted by atomic mass is 16.6. The molecule has 2 amide bonds. The normalized spacial score (nSPS) is 9.95. The van der Waals surface area contributed by atoms with Crippen LogP contribution in [-0.2, 0) is 0 Å². The van der Waals surface area contributed by atoms with Crippen molar-refractivity contribution in [1.29, 1.82) is 0 Å². The molecule has 0 bridgehead atoms. The molecule has 0 aliphatic heterocycles. The molecule has 0 aliphatic carbocycles. The molecule has 0 saturated heterocycles. The van der Waals surface area contributed by atoms with E-state index in [-0.39, 0.29) is 5.69 Å². The number of aromatic nitrogens is 2. The molecule has 1 aromatic carbocycles. The van der Waals surface area contributed by atoms with Gasteiger partial charge < -0.3 is 10.6 Å². The zero-order chi connectivity index (χ0) is 13.8. The van der Waals surface area contributed by atoms with E-state index >= 15 is 0 Å². The van der Waals surface area contributed by atoms with Gasteiger partial charge in [0.05, 0.1) is 16.8 Å². The Morgan fingerprint density at radius 3 is 2.74 bits per heavy atom. The number of H-pyrrole nitrogens is 1. The Hall–Kier alpha value is -2.90. The number of aromatic amines is 1. The quantitative estimate of drug-likeness (QED) is 0.580. The minimum absolute atomic E-state index is 0.0406. The smallest absolute Gasteiger partial charge is 0.307 e. The van der Waals surface area contributed by atoms with Gasteiger partial charge >= 0.3 is 6.03 Å². The van der Waals surface area contributed by atoms with Crippen LogP contribution in [0.1, 0.15) is 5.56 Å². The lowest BCUT2D eigenvalue weighted by atomic mass is 10.2. The van der Waals surface area contributed by atoms with E-state index in [0.29, 0.717) is 16.9 Å². The molecule has 8 nitrogen and oxygen atoms in total. The van der Waals surface area contributed by atoms with Crippen LogP contribution in [0.4, 0.5) is 21.9 Å². The first-order valence-corrected chi connectivity index (χ1v) is 5.38. The number of rotatable bonds is 3. The third-order valence-electron chi connectivity index (χ3n) is 2.42. The van der Waals surface area contributed by atoms with E-state index in [1.54, 1.807) is 19.1 Å². The Morgan fingerprint density at radius 1 is 1.37 bits per heavy atom. The van der Waals surface area contributed by atoms with Crippen molar-refractivity contribution < 1.29 is 9.72 Å². The molecular formula is C11H11N5O3. The highest BCUT2D eigenvalue weighted by Crippen LogP contribution is 2.22. The van der Waals surface area contributed by atoms with E-state index in [2.05, 4.69) is 20.8 Å². The summed E-state index contributed by atoms with van der Waals surface area (Å²) in [4.78, 5) is 21.9. The number of nitrogens with one attached hydrogen (secondary N) is 3. The topological polar surface area (TPSA) is 113 Å². The Labute approximate surface area is 108 Å². The van der Waals surface area contributed by atoms with Crippen LogP contribution in [0.15, 0.2) is 30.6 Å². The summed E-state index contributed by atoms with van der Waals surface area (Å²) in [6.45, 7) is 1.63. The van der Waals surface area contributed by atoms with Crippen molar-refractivity contribution in [3.8, 4) is 0 Å². The van der Waals surface area contributed by atoms with Crippen molar-refractivity contribution in [3.05, 3.63) is 46.3 Å². The van der Waals surface area contributed by atoms with E-state index in [1.165, 1.54) is 18.5 Å². The predicted octanol–water partition coefficient (Wildman–Crippen LogP) is 2.27. The lowest BCUT2D eigenvalue weighted by Crippen LogP contribution is -2.19. The summed E-state index contributed by atoms with van der Waals surface area (Å²) in [5.41, 5.74) is 1.34. The highest BCUT2D eigenvalue weighted by molar-refractivity contribution is 5.99. The van der Waals surface area contributed by atoms with Gasteiger partial charge in [-0.15, -0.1) is 0 Å². The number of hydrogen-bond donors (Lipinski definition) is 3. The van der Waals surface area contributed by atoms with Gasteiger partial charge in [0, 0.05) is 23.5 Å². The molecule has 0 spiro atoms. The SMILES string of the molecule is Cc1ccc(NC(=O)Nc2cn[nH]c2)cc1[N+](=O)[O-]. The lowest BCUT2D eigenvalue weighted by Gasteiger charge is -2.06. The number of hydrogen-bond acceptors (Lipinski definition) is 4. The Kier molecular flexibility index (Phi) is 3.42. The zero-order valence-electron chi connectivity index (χ0n) is 10.0. The molecule has 0 saturated carbocycles. The van der Waals surface area contributed by atoms with Crippen molar-refractivity contribution in [3.63, 3.8) is 0 Å². The minimum Gasteiger partial charge on any atom is -0.307 e. The van der Waals surface area contributed by atoms with E-state index < -0.39 is 11.0 Å². The maximum absolute atomic E-state index is 11.6. The molecule has 2 rings (SSSR count). The Bertz CT molecular complexity index is 609. The molecule has 0 radical (unpaired) electrons. The number of benzene rings is 1. The Balaban J connectivity index is 2.09. The molecule has 1 aromatic heterocycles. The highest BCUT2D eigenvalue weighted by Gasteiger charge is 2.12. The summed E-state index contributed by atoms with van der Waals surface area (Å²) in [6, 6.07) is 3.98. The summed E-state index contributed by atoms with van der Waals surface area (Å²) < 4.78 is 0. The van der Waals surface area contributed by atoms with Crippen LogP contribution in [0, 0.1) is 17.0 Å². The minimum atomic E-state index is -0.500. The number of aryl methyl sites for hydroxylation is 1. The van der Waals surface area contributed by atoms with Crippen molar-refractivity contribution in [2.45, 2.75) is 6.92 Å². The van der Waals surface area contributed by atoms with Gasteiger partial charge in [-0.2, -0.15) is 5.10 Å². The van der Waals surface area contributed by atoms with Gasteiger partial charge in [0.15, 0.2) is 0 Å². The van der Waals surface area contributed by atoms with Crippen LogP contribution in [0.5, 0.6) is 0 Å². The van der Waals surface area contributed by atoms with Gasteiger partial charge in [-0.25, -0.2) is 4.79 Å². The average Bonchev–Trinajstić information content (AvgIpc) is 2.84. The van der Waals surface area contributed by atoms with Crippen molar-refractivity contribution >= 4 is 23.1 Å². The zero-order valence-corrected chi connectivity index (χ0v) is 10.0. The molecule has 19 heavy (non-hydrogen) atoms. The van der Waals surface area contributed by atoms with Gasteiger partial charge in [-0.3, -0.25) is 15.2 Å². The van der Waals surface area contributed by atoms with Crippen LogP contribution >= 0.6 is 0 Å². The van der Waals surface area contributed by atoms with Crippen LogP contribution < -0.4 is 10.6 Å². The summed E-state index contributed by atoms with van der Waals surface area (Å²) in [7, 11) is 0. The van der Waals surface area contributed by atoms with E-state index in [4.69, 9.17) is 0 Å². The second kappa shape index (κ2) is 5.17. The molecule has 1 heterocycles. The first-order valence-electron chi connectivity index (χ1n) is 5.38. The Morgan fingerprint density at radius 2 is 2.11 bits per heavy atom. The van der Waals surface area contributed by atoms with Gasteiger partial charge in [0.25, 0.3) is 5.69 Å². The van der Waals surface area contributed by atoms with E-state index in [9.17, 15) is 14.9 Å². The molecule has 0 atom stereocenters. The van der Waals surface area contributed by atoms with Crippen LogP contribution in [0.3, 0.4) is 0 Å². The number of amides is 2. The number of carbonyl (C=O) groups excluding carboxylic acids is 1. The monoisotopic (exact) mass is 261 g/mol. The molecule has 3 N–H and O–H groups in total. The number of nitro groups is 1. The summed E-state index contributed by atoms with van der Waals surface area (Å²) in [6.07, 6.45) is 2.95. The maximum Gasteiger partial charge on any atom is 0.323 e.